The lowest BCUT2D eigenvalue weighted by Gasteiger charge is -2.43. The largest absolute Gasteiger partial charge is 0.459 e. The van der Waals surface area contributed by atoms with Crippen LogP contribution >= 0.6 is 11.3 Å². The molecule has 27 heavy (non-hydrogen) atoms. The molecule has 0 atom stereocenters. The van der Waals surface area contributed by atoms with E-state index in [1.807, 2.05) is 18.2 Å². The molecular formula is C21H23N3O2S. The first kappa shape index (κ1) is 17.0. The Hall–Kier alpha value is -2.18. The average Bonchev–Trinajstić information content (AvgIpc) is 3.31. The maximum atomic E-state index is 12.1. The van der Waals surface area contributed by atoms with E-state index in [1.54, 1.807) is 23.5 Å². The number of nitrogens with one attached hydrogen (secondary N) is 1. The minimum absolute atomic E-state index is 0.229. The van der Waals surface area contributed by atoms with E-state index in [-0.39, 0.29) is 5.91 Å². The normalized spacial score (nSPS) is 23.3. The Balaban J connectivity index is 1.26. The summed E-state index contributed by atoms with van der Waals surface area (Å²) in [5.74, 6) is 0.682. The zero-order valence-corrected chi connectivity index (χ0v) is 16.0. The summed E-state index contributed by atoms with van der Waals surface area (Å²) in [5.41, 5.74) is 1.80. The van der Waals surface area contributed by atoms with Crippen LogP contribution in [0.5, 0.6) is 0 Å². The summed E-state index contributed by atoms with van der Waals surface area (Å²) in [6.45, 7) is 2.55. The Morgan fingerprint density at radius 2 is 2.04 bits per heavy atom. The number of aromatic nitrogens is 1. The lowest BCUT2D eigenvalue weighted by molar-refractivity contribution is 0.0888. The third-order valence-electron chi connectivity index (χ3n) is 5.78. The van der Waals surface area contributed by atoms with Crippen molar-refractivity contribution in [3.8, 4) is 0 Å². The second-order valence-electron chi connectivity index (χ2n) is 7.58. The van der Waals surface area contributed by atoms with Gasteiger partial charge < -0.3 is 14.6 Å². The predicted octanol–water partition coefficient (Wildman–Crippen LogP) is 4.87. The Bertz CT molecular complexity index is 938. The number of carbonyl (C=O) groups excluding carboxylic acids is 1. The van der Waals surface area contributed by atoms with Gasteiger partial charge in [0.1, 0.15) is 0 Å². The summed E-state index contributed by atoms with van der Waals surface area (Å²) >= 11 is 1.76. The zero-order chi connectivity index (χ0) is 18.2. The van der Waals surface area contributed by atoms with Crippen LogP contribution in [-0.2, 0) is 0 Å². The number of nitrogens with zero attached hydrogens (tertiary/aromatic N) is 2. The molecule has 0 unspecified atom stereocenters. The molecule has 1 aliphatic carbocycles. The molecule has 0 bridgehead atoms. The van der Waals surface area contributed by atoms with Gasteiger partial charge in [-0.2, -0.15) is 0 Å². The Morgan fingerprint density at radius 1 is 1.19 bits per heavy atom. The van der Waals surface area contributed by atoms with Crippen LogP contribution in [0.25, 0.3) is 10.2 Å². The first-order valence-electron chi connectivity index (χ1n) is 9.76. The molecule has 2 fully saturated rings. The highest BCUT2D eigenvalue weighted by Crippen LogP contribution is 2.43. The number of carbonyl (C=O) groups is 1. The molecule has 6 heteroatoms. The predicted molar refractivity (Wildman–Crippen MR) is 107 cm³/mol. The van der Waals surface area contributed by atoms with Crippen molar-refractivity contribution in [1.29, 1.82) is 0 Å². The van der Waals surface area contributed by atoms with Crippen molar-refractivity contribution in [2.24, 2.45) is 0 Å². The summed E-state index contributed by atoms with van der Waals surface area (Å²) in [6, 6.07) is 10.0. The van der Waals surface area contributed by atoms with Crippen molar-refractivity contribution in [1.82, 2.24) is 9.88 Å². The maximum absolute atomic E-state index is 12.1. The number of piperidine rings is 1. The lowest BCUT2D eigenvalue weighted by atomic mass is 9.79. The molecule has 1 aliphatic heterocycles. The van der Waals surface area contributed by atoms with Gasteiger partial charge in [0.2, 0.25) is 0 Å². The van der Waals surface area contributed by atoms with Crippen LogP contribution in [0.15, 0.2) is 41.0 Å². The highest BCUT2D eigenvalue weighted by Gasteiger charge is 2.36. The molecule has 2 aliphatic rings. The quantitative estimate of drug-likeness (QED) is 0.700. The monoisotopic (exact) mass is 381 g/mol. The van der Waals surface area contributed by atoms with E-state index in [9.17, 15) is 4.79 Å². The van der Waals surface area contributed by atoms with Crippen molar-refractivity contribution in [2.75, 3.05) is 18.4 Å². The molecular weight excluding hydrogens is 358 g/mol. The molecule has 5 nitrogen and oxygen atoms in total. The molecule has 3 aromatic rings. The second kappa shape index (κ2) is 7.09. The van der Waals surface area contributed by atoms with Crippen LogP contribution in [0.1, 0.15) is 53.6 Å². The van der Waals surface area contributed by atoms with E-state index in [0.717, 1.165) is 21.9 Å². The van der Waals surface area contributed by atoms with Gasteiger partial charge in [-0.25, -0.2) is 4.98 Å². The van der Waals surface area contributed by atoms with Crippen LogP contribution in [0.3, 0.4) is 0 Å². The molecule has 1 saturated heterocycles. The fraction of sp³-hybridized carbons (Fsp3) is 0.429. The Labute approximate surface area is 162 Å². The molecule has 3 heterocycles. The van der Waals surface area contributed by atoms with E-state index in [4.69, 9.17) is 9.40 Å². The maximum Gasteiger partial charge on any atom is 0.291 e. The number of anilines is 1. The average molecular weight is 382 g/mol. The standard InChI is InChI=1S/C21H23N3O2S/c25-20(18-5-4-10-26-18)22-15-6-7-17-19(13-15)27-21(23-17)14-11-16(12-14)24-8-2-1-3-9-24/h4-7,10,13-14,16H,1-3,8-9,11-12H2,(H,22,25)/t14-,16-. The number of fused-ring (bicyclic) bond motifs is 1. The minimum atomic E-state index is -0.229. The Morgan fingerprint density at radius 3 is 2.81 bits per heavy atom. The highest BCUT2D eigenvalue weighted by molar-refractivity contribution is 7.18. The van der Waals surface area contributed by atoms with Gasteiger partial charge in [0.15, 0.2) is 5.76 Å². The van der Waals surface area contributed by atoms with Gasteiger partial charge >= 0.3 is 0 Å². The summed E-state index contributed by atoms with van der Waals surface area (Å²) in [4.78, 5) is 19.7. The van der Waals surface area contributed by atoms with E-state index >= 15 is 0 Å². The first-order chi connectivity index (χ1) is 13.3. The molecule has 140 valence electrons. The summed E-state index contributed by atoms with van der Waals surface area (Å²) in [6.07, 6.45) is 8.08. The minimum Gasteiger partial charge on any atom is -0.459 e. The SMILES string of the molecule is O=C(Nc1ccc2nc([C@H]3C[C@H](N4CCCCC4)C3)sc2c1)c1ccco1. The van der Waals surface area contributed by atoms with Crippen LogP contribution in [0.4, 0.5) is 5.69 Å². The van der Waals surface area contributed by atoms with Crippen LogP contribution in [-0.4, -0.2) is 34.9 Å². The second-order valence-corrected chi connectivity index (χ2v) is 8.65. The highest BCUT2D eigenvalue weighted by atomic mass is 32.1. The molecule has 1 N–H and O–H groups in total. The third-order valence-corrected chi connectivity index (χ3v) is 6.96. The number of furan rings is 1. The number of thiazole rings is 1. The van der Waals surface area contributed by atoms with Crippen molar-refractivity contribution in [3.05, 3.63) is 47.4 Å². The van der Waals surface area contributed by atoms with Crippen molar-refractivity contribution in [2.45, 2.75) is 44.1 Å². The molecule has 1 aromatic carbocycles. The number of amides is 1. The summed E-state index contributed by atoms with van der Waals surface area (Å²) in [5, 5.41) is 4.14. The number of hydrogen-bond donors (Lipinski definition) is 1. The smallest absolute Gasteiger partial charge is 0.291 e. The topological polar surface area (TPSA) is 58.4 Å². The Kier molecular flexibility index (Phi) is 4.45. The molecule has 2 aromatic heterocycles. The van der Waals surface area contributed by atoms with Crippen LogP contribution in [0.2, 0.25) is 0 Å². The lowest BCUT2D eigenvalue weighted by Crippen LogP contribution is -2.46. The van der Waals surface area contributed by atoms with E-state index in [0.29, 0.717) is 11.7 Å². The number of hydrogen-bond acceptors (Lipinski definition) is 5. The molecule has 1 amide bonds. The molecule has 0 radical (unpaired) electrons. The summed E-state index contributed by atoms with van der Waals surface area (Å²) < 4.78 is 6.28. The van der Waals surface area contributed by atoms with Gasteiger partial charge in [-0.3, -0.25) is 4.79 Å². The van der Waals surface area contributed by atoms with Gasteiger partial charge in [0.05, 0.1) is 21.5 Å². The van der Waals surface area contributed by atoms with Gasteiger partial charge in [-0.1, -0.05) is 6.42 Å². The van der Waals surface area contributed by atoms with Crippen molar-refractivity contribution < 1.29 is 9.21 Å². The van der Waals surface area contributed by atoms with Gasteiger partial charge in [-0.15, -0.1) is 11.3 Å². The van der Waals surface area contributed by atoms with Crippen molar-refractivity contribution in [3.63, 3.8) is 0 Å². The molecule has 5 rings (SSSR count). The number of benzene rings is 1. The molecule has 1 saturated carbocycles. The fourth-order valence-electron chi connectivity index (χ4n) is 4.17. The third kappa shape index (κ3) is 3.39. The number of rotatable bonds is 4. The fourth-order valence-corrected chi connectivity index (χ4v) is 5.30. The van der Waals surface area contributed by atoms with E-state index in [2.05, 4.69) is 10.2 Å². The van der Waals surface area contributed by atoms with E-state index in [1.165, 1.54) is 56.5 Å². The van der Waals surface area contributed by atoms with Gasteiger partial charge in [0, 0.05) is 17.6 Å². The first-order valence-corrected chi connectivity index (χ1v) is 10.6. The summed E-state index contributed by atoms with van der Waals surface area (Å²) in [7, 11) is 0. The zero-order valence-electron chi connectivity index (χ0n) is 15.2. The van der Waals surface area contributed by atoms with Crippen molar-refractivity contribution >= 4 is 33.1 Å². The molecule has 0 spiro atoms. The van der Waals surface area contributed by atoms with Crippen LogP contribution in [0, 0.1) is 0 Å². The number of likely N-dealkylation sites (tertiary alicyclic amines) is 1. The van der Waals surface area contributed by atoms with Gasteiger partial charge in [0.25, 0.3) is 5.91 Å². The van der Waals surface area contributed by atoms with Gasteiger partial charge in [-0.05, 0) is 69.1 Å². The van der Waals surface area contributed by atoms with E-state index < -0.39 is 0 Å². The van der Waals surface area contributed by atoms with Crippen LogP contribution < -0.4 is 5.32 Å².